The quantitative estimate of drug-likeness (QED) is 0.624. The van der Waals surface area contributed by atoms with E-state index in [1.807, 2.05) is 12.1 Å². The molecule has 0 aromatic heterocycles. The molecule has 2 aromatic carbocycles. The average molecular weight is 375 g/mol. The van der Waals surface area contributed by atoms with Crippen LogP contribution in [0.2, 0.25) is 0 Å². The molecule has 0 saturated heterocycles. The monoisotopic (exact) mass is 374 g/mol. The van der Waals surface area contributed by atoms with E-state index in [0.29, 0.717) is 10.0 Å². The molecule has 4 nitrogen and oxygen atoms in total. The Morgan fingerprint density at radius 2 is 1.83 bits per heavy atom. The largest absolute Gasteiger partial charge is 0.507 e. The highest BCUT2D eigenvalue weighted by Gasteiger charge is 2.14. The molecule has 2 N–H and O–H groups in total. The molecule has 1 amide bonds. The van der Waals surface area contributed by atoms with Gasteiger partial charge in [-0.2, -0.15) is 5.10 Å². The van der Waals surface area contributed by atoms with Crippen molar-refractivity contribution in [3.05, 3.63) is 63.6 Å². The molecule has 0 atom stereocenters. The number of carbonyl (C=O) groups is 1. The van der Waals surface area contributed by atoms with Crippen molar-refractivity contribution in [2.75, 3.05) is 0 Å². The van der Waals surface area contributed by atoms with Crippen molar-refractivity contribution in [1.29, 1.82) is 0 Å². The predicted octanol–water partition coefficient (Wildman–Crippen LogP) is 4.22. The third-order valence-electron chi connectivity index (χ3n) is 3.36. The van der Waals surface area contributed by atoms with Crippen LogP contribution in [0.4, 0.5) is 0 Å². The summed E-state index contributed by atoms with van der Waals surface area (Å²) in [6.45, 7) is 6.38. The average Bonchev–Trinajstić information content (AvgIpc) is 2.50. The summed E-state index contributed by atoms with van der Waals surface area (Å²) >= 11 is 3.23. The van der Waals surface area contributed by atoms with E-state index >= 15 is 0 Å². The van der Waals surface area contributed by atoms with Gasteiger partial charge in [0, 0.05) is 5.56 Å². The van der Waals surface area contributed by atoms with Crippen LogP contribution in [0.1, 0.15) is 42.3 Å². The van der Waals surface area contributed by atoms with E-state index in [4.69, 9.17) is 0 Å². The third kappa shape index (κ3) is 4.66. The topological polar surface area (TPSA) is 61.7 Å². The number of hydrogen-bond donors (Lipinski definition) is 2. The van der Waals surface area contributed by atoms with Crippen LogP contribution in [-0.4, -0.2) is 17.2 Å². The molecule has 0 spiro atoms. The van der Waals surface area contributed by atoms with Crippen LogP contribution in [0.3, 0.4) is 0 Å². The molecule has 0 aliphatic carbocycles. The van der Waals surface area contributed by atoms with E-state index in [0.717, 1.165) is 5.56 Å². The SMILES string of the molecule is CC(C)(C)c1ccc(C(=O)N/N=C\c2ccc(O)c(Br)c2)cc1. The fraction of sp³-hybridized carbons (Fsp3) is 0.222. The Bertz CT molecular complexity index is 732. The van der Waals surface area contributed by atoms with Gasteiger partial charge in [-0.3, -0.25) is 4.79 Å². The smallest absolute Gasteiger partial charge is 0.271 e. The molecule has 0 radical (unpaired) electrons. The maximum atomic E-state index is 12.0. The van der Waals surface area contributed by atoms with Gasteiger partial charge in [0.25, 0.3) is 5.91 Å². The molecule has 2 aromatic rings. The van der Waals surface area contributed by atoms with Gasteiger partial charge in [-0.05, 0) is 62.8 Å². The normalized spacial score (nSPS) is 11.7. The lowest BCUT2D eigenvalue weighted by atomic mass is 9.87. The van der Waals surface area contributed by atoms with Crippen molar-refractivity contribution in [2.24, 2.45) is 5.10 Å². The van der Waals surface area contributed by atoms with Gasteiger partial charge in [-0.1, -0.05) is 32.9 Å². The minimum atomic E-state index is -0.264. The second kappa shape index (κ2) is 6.96. The minimum Gasteiger partial charge on any atom is -0.507 e. The number of hydrogen-bond acceptors (Lipinski definition) is 3. The second-order valence-electron chi connectivity index (χ2n) is 6.24. The molecule has 0 saturated carbocycles. The summed E-state index contributed by atoms with van der Waals surface area (Å²) in [7, 11) is 0. The predicted molar refractivity (Wildman–Crippen MR) is 96.0 cm³/mol. The summed E-state index contributed by atoms with van der Waals surface area (Å²) < 4.78 is 0.575. The molecule has 0 heterocycles. The molecule has 0 aliphatic heterocycles. The van der Waals surface area contributed by atoms with Crippen LogP contribution in [0, 0.1) is 0 Å². The van der Waals surface area contributed by atoms with Gasteiger partial charge in [0.15, 0.2) is 0 Å². The van der Waals surface area contributed by atoms with Crippen molar-refractivity contribution < 1.29 is 9.90 Å². The Kier molecular flexibility index (Phi) is 5.21. The van der Waals surface area contributed by atoms with Gasteiger partial charge in [-0.25, -0.2) is 5.43 Å². The van der Waals surface area contributed by atoms with E-state index in [2.05, 4.69) is 47.2 Å². The maximum absolute atomic E-state index is 12.0. The molecular weight excluding hydrogens is 356 g/mol. The highest BCUT2D eigenvalue weighted by Crippen LogP contribution is 2.23. The third-order valence-corrected chi connectivity index (χ3v) is 4.00. The van der Waals surface area contributed by atoms with Crippen LogP contribution in [0.5, 0.6) is 5.75 Å². The van der Waals surface area contributed by atoms with Gasteiger partial charge in [-0.15, -0.1) is 0 Å². The zero-order valence-electron chi connectivity index (χ0n) is 13.3. The fourth-order valence-electron chi connectivity index (χ4n) is 1.96. The number of aromatic hydroxyl groups is 1. The van der Waals surface area contributed by atoms with Crippen molar-refractivity contribution in [1.82, 2.24) is 5.43 Å². The number of nitrogens with one attached hydrogen (secondary N) is 1. The van der Waals surface area contributed by atoms with Crippen molar-refractivity contribution >= 4 is 28.1 Å². The van der Waals surface area contributed by atoms with Crippen LogP contribution in [-0.2, 0) is 5.41 Å². The van der Waals surface area contributed by atoms with Gasteiger partial charge in [0.2, 0.25) is 0 Å². The molecule has 0 unspecified atom stereocenters. The van der Waals surface area contributed by atoms with Crippen LogP contribution < -0.4 is 5.43 Å². The number of halogens is 1. The van der Waals surface area contributed by atoms with E-state index in [1.54, 1.807) is 30.3 Å². The molecule has 0 bridgehead atoms. The lowest BCUT2D eigenvalue weighted by molar-refractivity contribution is 0.0955. The molecular formula is C18H19BrN2O2. The molecule has 5 heteroatoms. The summed E-state index contributed by atoms with van der Waals surface area (Å²) in [5, 5.41) is 13.4. The molecule has 120 valence electrons. The van der Waals surface area contributed by atoms with Crippen molar-refractivity contribution in [3.8, 4) is 5.75 Å². The van der Waals surface area contributed by atoms with Crippen LogP contribution in [0.25, 0.3) is 0 Å². The number of hydrazone groups is 1. The molecule has 2 rings (SSSR count). The number of benzene rings is 2. The van der Waals surface area contributed by atoms with E-state index in [1.165, 1.54) is 11.8 Å². The Morgan fingerprint density at radius 1 is 1.17 bits per heavy atom. The Morgan fingerprint density at radius 3 is 2.39 bits per heavy atom. The lowest BCUT2D eigenvalue weighted by Crippen LogP contribution is -2.18. The summed E-state index contributed by atoms with van der Waals surface area (Å²) in [6, 6.07) is 12.5. The number of amides is 1. The van der Waals surface area contributed by atoms with E-state index in [-0.39, 0.29) is 17.1 Å². The fourth-order valence-corrected chi connectivity index (χ4v) is 2.35. The first-order valence-corrected chi connectivity index (χ1v) is 7.99. The highest BCUT2D eigenvalue weighted by molar-refractivity contribution is 9.10. The standard InChI is InChI=1S/C18H19BrN2O2/c1-18(2,3)14-7-5-13(6-8-14)17(23)21-20-11-12-4-9-16(22)15(19)10-12/h4-11,22H,1-3H3,(H,21,23)/b20-11-. The molecule has 23 heavy (non-hydrogen) atoms. The number of nitrogens with zero attached hydrogens (tertiary/aromatic N) is 1. The Labute approximate surface area is 144 Å². The number of rotatable bonds is 3. The van der Waals surface area contributed by atoms with E-state index in [9.17, 15) is 9.90 Å². The highest BCUT2D eigenvalue weighted by atomic mass is 79.9. The molecule has 0 fully saturated rings. The summed E-state index contributed by atoms with van der Waals surface area (Å²) in [5.41, 5.74) is 5.04. The summed E-state index contributed by atoms with van der Waals surface area (Å²) in [5.74, 6) is -0.107. The number of phenolic OH excluding ortho intramolecular Hbond substituents is 1. The first kappa shape index (κ1) is 17.2. The summed E-state index contributed by atoms with van der Waals surface area (Å²) in [6.07, 6.45) is 1.52. The number of phenols is 1. The van der Waals surface area contributed by atoms with Crippen LogP contribution in [0.15, 0.2) is 52.0 Å². The Balaban J connectivity index is 2.01. The van der Waals surface area contributed by atoms with Gasteiger partial charge < -0.3 is 5.11 Å². The van der Waals surface area contributed by atoms with Crippen molar-refractivity contribution in [2.45, 2.75) is 26.2 Å². The second-order valence-corrected chi connectivity index (χ2v) is 7.09. The summed E-state index contributed by atoms with van der Waals surface area (Å²) in [4.78, 5) is 12.0. The van der Waals surface area contributed by atoms with Gasteiger partial charge in [0.1, 0.15) is 5.75 Å². The zero-order chi connectivity index (χ0) is 17.0. The molecule has 0 aliphatic rings. The maximum Gasteiger partial charge on any atom is 0.271 e. The first-order chi connectivity index (χ1) is 10.8. The number of carbonyl (C=O) groups excluding carboxylic acids is 1. The van der Waals surface area contributed by atoms with Crippen molar-refractivity contribution in [3.63, 3.8) is 0 Å². The minimum absolute atomic E-state index is 0.0550. The Hall–Kier alpha value is -2.14. The first-order valence-electron chi connectivity index (χ1n) is 7.20. The van der Waals surface area contributed by atoms with Gasteiger partial charge in [0.05, 0.1) is 10.7 Å². The van der Waals surface area contributed by atoms with Gasteiger partial charge >= 0.3 is 0 Å². The van der Waals surface area contributed by atoms with E-state index < -0.39 is 0 Å². The zero-order valence-corrected chi connectivity index (χ0v) is 14.9. The lowest BCUT2D eigenvalue weighted by Gasteiger charge is -2.18. The van der Waals surface area contributed by atoms with Crippen LogP contribution >= 0.6 is 15.9 Å².